The molecule has 0 radical (unpaired) electrons. The monoisotopic (exact) mass is 210 g/mol. The number of nitrogens with one attached hydrogen (secondary N) is 1. The largest absolute Gasteiger partial charge is 0.314 e. The summed E-state index contributed by atoms with van der Waals surface area (Å²) in [7, 11) is 0. The Morgan fingerprint density at radius 3 is 2.67 bits per heavy atom. The Hall–Kier alpha value is -0.0800. The zero-order chi connectivity index (χ0) is 10.5. The molecule has 2 aliphatic rings. The van der Waals surface area contributed by atoms with Crippen LogP contribution in [0.3, 0.4) is 0 Å². The third-order valence-corrected chi connectivity index (χ3v) is 4.14. The maximum atomic E-state index is 3.65. The minimum Gasteiger partial charge on any atom is -0.314 e. The molecule has 1 saturated heterocycles. The van der Waals surface area contributed by atoms with Crippen molar-refractivity contribution in [3.05, 3.63) is 0 Å². The predicted molar refractivity (Wildman–Crippen MR) is 65.1 cm³/mol. The van der Waals surface area contributed by atoms with E-state index < -0.39 is 0 Å². The summed E-state index contributed by atoms with van der Waals surface area (Å²) in [6.07, 6.45) is 8.62. The summed E-state index contributed by atoms with van der Waals surface area (Å²) in [5, 5.41) is 3.65. The summed E-state index contributed by atoms with van der Waals surface area (Å²) in [6, 6.07) is 0.831. The van der Waals surface area contributed by atoms with E-state index in [1.807, 2.05) is 0 Å². The molecule has 0 amide bonds. The van der Waals surface area contributed by atoms with E-state index in [2.05, 4.69) is 17.1 Å². The smallest absolute Gasteiger partial charge is 0.00956 e. The van der Waals surface area contributed by atoms with Gasteiger partial charge in [0, 0.05) is 6.04 Å². The van der Waals surface area contributed by atoms with Crippen LogP contribution in [-0.4, -0.2) is 37.1 Å². The summed E-state index contributed by atoms with van der Waals surface area (Å²) in [4.78, 5) is 2.65. The van der Waals surface area contributed by atoms with Gasteiger partial charge in [-0.3, -0.25) is 0 Å². The minimum atomic E-state index is 0.831. The Kier molecular flexibility index (Phi) is 4.45. The van der Waals surface area contributed by atoms with Crippen molar-refractivity contribution in [2.24, 2.45) is 5.92 Å². The summed E-state index contributed by atoms with van der Waals surface area (Å²) in [5.41, 5.74) is 0. The molecule has 1 saturated carbocycles. The van der Waals surface area contributed by atoms with E-state index in [1.54, 1.807) is 0 Å². The molecule has 15 heavy (non-hydrogen) atoms. The van der Waals surface area contributed by atoms with Crippen molar-refractivity contribution in [1.82, 2.24) is 10.2 Å². The van der Waals surface area contributed by atoms with E-state index in [4.69, 9.17) is 0 Å². The zero-order valence-electron chi connectivity index (χ0n) is 10.2. The van der Waals surface area contributed by atoms with Crippen LogP contribution in [0.4, 0.5) is 0 Å². The lowest BCUT2D eigenvalue weighted by atomic mass is 9.99. The summed E-state index contributed by atoms with van der Waals surface area (Å²) < 4.78 is 0. The average Bonchev–Trinajstić information content (AvgIpc) is 2.85. The molecule has 0 bridgehead atoms. The summed E-state index contributed by atoms with van der Waals surface area (Å²) in [6.45, 7) is 7.45. The normalized spacial score (nSPS) is 32.6. The standard InChI is InChI=1S/C13H26N2/c1-2-14-13-7-5-6-12(13)8-11-15-9-3-4-10-15/h12-14H,2-11H2,1H3. The van der Waals surface area contributed by atoms with Gasteiger partial charge in [-0.25, -0.2) is 0 Å². The molecule has 0 aromatic heterocycles. The number of hydrogen-bond acceptors (Lipinski definition) is 2. The lowest BCUT2D eigenvalue weighted by molar-refractivity contribution is 0.283. The van der Waals surface area contributed by atoms with Crippen LogP contribution in [0.25, 0.3) is 0 Å². The molecule has 1 N–H and O–H groups in total. The van der Waals surface area contributed by atoms with Gasteiger partial charge in [-0.2, -0.15) is 0 Å². The first-order valence-electron chi connectivity index (χ1n) is 6.86. The van der Waals surface area contributed by atoms with E-state index >= 15 is 0 Å². The molecule has 1 heterocycles. The van der Waals surface area contributed by atoms with Gasteiger partial charge in [0.1, 0.15) is 0 Å². The van der Waals surface area contributed by atoms with Crippen molar-refractivity contribution >= 4 is 0 Å². The van der Waals surface area contributed by atoms with Crippen LogP contribution in [0.5, 0.6) is 0 Å². The second-order valence-electron chi connectivity index (χ2n) is 5.19. The van der Waals surface area contributed by atoms with E-state index in [9.17, 15) is 0 Å². The summed E-state index contributed by atoms with van der Waals surface area (Å²) in [5.74, 6) is 0.963. The highest BCUT2D eigenvalue weighted by Gasteiger charge is 2.26. The lowest BCUT2D eigenvalue weighted by Gasteiger charge is -2.23. The van der Waals surface area contributed by atoms with E-state index in [0.717, 1.165) is 18.5 Å². The Morgan fingerprint density at radius 1 is 1.13 bits per heavy atom. The molecule has 2 atom stereocenters. The molecule has 1 aliphatic carbocycles. The van der Waals surface area contributed by atoms with Gasteiger partial charge in [-0.15, -0.1) is 0 Å². The fourth-order valence-corrected chi connectivity index (χ4v) is 3.27. The molecule has 2 rings (SSSR count). The Bertz CT molecular complexity index is 175. The maximum Gasteiger partial charge on any atom is 0.00956 e. The molecular weight excluding hydrogens is 184 g/mol. The van der Waals surface area contributed by atoms with Gasteiger partial charge in [0.15, 0.2) is 0 Å². The van der Waals surface area contributed by atoms with Gasteiger partial charge in [0.05, 0.1) is 0 Å². The van der Waals surface area contributed by atoms with Crippen molar-refractivity contribution in [1.29, 1.82) is 0 Å². The first-order valence-corrected chi connectivity index (χ1v) is 6.86. The molecule has 1 aliphatic heterocycles. The fourth-order valence-electron chi connectivity index (χ4n) is 3.27. The third-order valence-electron chi connectivity index (χ3n) is 4.14. The van der Waals surface area contributed by atoms with Gasteiger partial charge in [0.2, 0.25) is 0 Å². The molecule has 2 nitrogen and oxygen atoms in total. The molecule has 0 aromatic carbocycles. The summed E-state index contributed by atoms with van der Waals surface area (Å²) >= 11 is 0. The second kappa shape index (κ2) is 5.86. The topological polar surface area (TPSA) is 15.3 Å². The second-order valence-corrected chi connectivity index (χ2v) is 5.19. The lowest BCUT2D eigenvalue weighted by Crippen LogP contribution is -2.34. The molecule has 2 fully saturated rings. The number of hydrogen-bond donors (Lipinski definition) is 1. The van der Waals surface area contributed by atoms with Gasteiger partial charge >= 0.3 is 0 Å². The SMILES string of the molecule is CCNC1CCCC1CCN1CCCC1. The van der Waals surface area contributed by atoms with Crippen LogP contribution in [0.15, 0.2) is 0 Å². The Morgan fingerprint density at radius 2 is 1.93 bits per heavy atom. The highest BCUT2D eigenvalue weighted by Crippen LogP contribution is 2.28. The first kappa shape index (κ1) is 11.4. The van der Waals surface area contributed by atoms with Crippen molar-refractivity contribution in [3.63, 3.8) is 0 Å². The van der Waals surface area contributed by atoms with E-state index in [1.165, 1.54) is 58.2 Å². The molecule has 88 valence electrons. The van der Waals surface area contributed by atoms with Crippen LogP contribution < -0.4 is 5.32 Å². The molecule has 0 aromatic rings. The first-order chi connectivity index (χ1) is 7.40. The van der Waals surface area contributed by atoms with Gasteiger partial charge in [0.25, 0.3) is 0 Å². The minimum absolute atomic E-state index is 0.831. The van der Waals surface area contributed by atoms with Gasteiger partial charge in [-0.1, -0.05) is 13.3 Å². The number of likely N-dealkylation sites (tertiary alicyclic amines) is 1. The molecule has 2 unspecified atom stereocenters. The highest BCUT2D eigenvalue weighted by atomic mass is 15.1. The average molecular weight is 210 g/mol. The van der Waals surface area contributed by atoms with Gasteiger partial charge in [-0.05, 0) is 64.2 Å². The zero-order valence-corrected chi connectivity index (χ0v) is 10.2. The van der Waals surface area contributed by atoms with Crippen molar-refractivity contribution in [3.8, 4) is 0 Å². The van der Waals surface area contributed by atoms with Crippen LogP contribution in [-0.2, 0) is 0 Å². The predicted octanol–water partition coefficient (Wildman–Crippen LogP) is 2.25. The number of nitrogens with zero attached hydrogens (tertiary/aromatic N) is 1. The highest BCUT2D eigenvalue weighted by molar-refractivity contribution is 4.83. The molecule has 2 heteroatoms. The number of rotatable bonds is 5. The van der Waals surface area contributed by atoms with Crippen molar-refractivity contribution in [2.75, 3.05) is 26.2 Å². The van der Waals surface area contributed by atoms with Crippen LogP contribution in [0, 0.1) is 5.92 Å². The van der Waals surface area contributed by atoms with Crippen molar-refractivity contribution in [2.45, 2.75) is 51.5 Å². The van der Waals surface area contributed by atoms with Gasteiger partial charge < -0.3 is 10.2 Å². The fraction of sp³-hybridized carbons (Fsp3) is 1.00. The van der Waals surface area contributed by atoms with Crippen LogP contribution >= 0.6 is 0 Å². The Balaban J connectivity index is 1.68. The quantitative estimate of drug-likeness (QED) is 0.749. The van der Waals surface area contributed by atoms with E-state index in [0.29, 0.717) is 0 Å². The maximum absolute atomic E-state index is 3.65. The molecule has 0 spiro atoms. The molecular formula is C13H26N2. The third kappa shape index (κ3) is 3.18. The Labute approximate surface area is 94.4 Å². The van der Waals surface area contributed by atoms with Crippen LogP contribution in [0.1, 0.15) is 45.4 Å². The van der Waals surface area contributed by atoms with E-state index in [-0.39, 0.29) is 0 Å². The van der Waals surface area contributed by atoms with Crippen LogP contribution in [0.2, 0.25) is 0 Å². The van der Waals surface area contributed by atoms with Crippen molar-refractivity contribution < 1.29 is 0 Å².